The molecular weight excluding hydrogens is 408 g/mol. The number of carbonyl (C=O) groups is 1. The summed E-state index contributed by atoms with van der Waals surface area (Å²) in [7, 11) is 3.20. The minimum atomic E-state index is -0.335. The Morgan fingerprint density at radius 1 is 1.06 bits per heavy atom. The number of ether oxygens (including phenoxy) is 2. The number of nitrogens with one attached hydrogen (secondary N) is 1. The van der Waals surface area contributed by atoms with Crippen LogP contribution < -0.4 is 14.8 Å². The zero-order valence-electron chi connectivity index (χ0n) is 18.1. The number of hydrogen-bond donors (Lipinski definition) is 2. The zero-order chi connectivity index (χ0) is 22.4. The Kier molecular flexibility index (Phi) is 4.89. The third-order valence-electron chi connectivity index (χ3n) is 6.34. The van der Waals surface area contributed by atoms with Crippen LogP contribution in [0.4, 0.5) is 5.88 Å². The topological polar surface area (TPSA) is 93.8 Å². The molecule has 32 heavy (non-hydrogen) atoms. The number of ketones is 1. The molecule has 2 N–H and O–H groups in total. The van der Waals surface area contributed by atoms with Gasteiger partial charge in [-0.15, -0.1) is 0 Å². The molecule has 2 heterocycles. The molecule has 0 amide bonds. The summed E-state index contributed by atoms with van der Waals surface area (Å²) in [5.74, 6) is 1.72. The second-order valence-corrected chi connectivity index (χ2v) is 8.20. The number of hydrogen-bond acceptors (Lipinski definition) is 7. The predicted molar refractivity (Wildman–Crippen MR) is 118 cm³/mol. The van der Waals surface area contributed by atoms with Crippen LogP contribution in [0.5, 0.6) is 17.2 Å². The fraction of sp³-hybridized carbons (Fsp3) is 0.280. The van der Waals surface area contributed by atoms with Crippen LogP contribution in [0.15, 0.2) is 58.3 Å². The van der Waals surface area contributed by atoms with Gasteiger partial charge in [0.05, 0.1) is 25.5 Å². The summed E-state index contributed by atoms with van der Waals surface area (Å²) in [6, 6.07) is 12.8. The van der Waals surface area contributed by atoms with Crippen molar-refractivity contribution in [1.82, 2.24) is 5.16 Å². The van der Waals surface area contributed by atoms with E-state index < -0.39 is 0 Å². The van der Waals surface area contributed by atoms with E-state index in [9.17, 15) is 9.90 Å². The molecule has 0 saturated carbocycles. The number of anilines is 1. The number of aromatic nitrogens is 1. The third-order valence-corrected chi connectivity index (χ3v) is 6.34. The highest BCUT2D eigenvalue weighted by Gasteiger charge is 2.41. The van der Waals surface area contributed by atoms with Gasteiger partial charge in [-0.05, 0) is 54.7 Å². The first kappa shape index (κ1) is 20.2. The van der Waals surface area contributed by atoms with Crippen LogP contribution in [0.1, 0.15) is 47.1 Å². The highest BCUT2D eigenvalue weighted by molar-refractivity contribution is 6.01. The van der Waals surface area contributed by atoms with Gasteiger partial charge in [-0.2, -0.15) is 0 Å². The number of methoxy groups -OCH3 is 2. The highest BCUT2D eigenvalue weighted by atomic mass is 16.5. The van der Waals surface area contributed by atoms with Crippen molar-refractivity contribution < 1.29 is 23.9 Å². The fourth-order valence-corrected chi connectivity index (χ4v) is 4.85. The maximum Gasteiger partial charge on any atom is 0.233 e. The standard InChI is InChI=1S/C25H24N2O5/c1-13-22-23(15-5-4-6-17(28)9-15)24-18(26-25(22)32-27-13)10-16(11-19(24)29)14-7-8-20(30-2)21(12-14)31-3/h4-9,12,16,23,26,28H,10-11H2,1-3H3/t16-,23-/m0/s1. The number of carbonyl (C=O) groups excluding carboxylic acids is 1. The number of aromatic hydroxyl groups is 1. The lowest BCUT2D eigenvalue weighted by Gasteiger charge is -2.34. The molecule has 2 aliphatic rings. The van der Waals surface area contributed by atoms with Crippen LogP contribution in [-0.4, -0.2) is 30.3 Å². The van der Waals surface area contributed by atoms with Crippen molar-refractivity contribution in [1.29, 1.82) is 0 Å². The quantitative estimate of drug-likeness (QED) is 0.619. The van der Waals surface area contributed by atoms with Crippen LogP contribution in [0, 0.1) is 6.92 Å². The normalized spacial score (nSPS) is 19.8. The van der Waals surface area contributed by atoms with Crippen LogP contribution in [0.3, 0.4) is 0 Å². The van der Waals surface area contributed by atoms with Gasteiger partial charge in [-0.25, -0.2) is 0 Å². The zero-order valence-corrected chi connectivity index (χ0v) is 18.1. The van der Waals surface area contributed by atoms with Crippen molar-refractivity contribution in [2.45, 2.75) is 31.6 Å². The first-order valence-corrected chi connectivity index (χ1v) is 10.5. The molecule has 0 bridgehead atoms. The number of benzene rings is 2. The second kappa shape index (κ2) is 7.75. The first-order valence-electron chi connectivity index (χ1n) is 10.5. The van der Waals surface area contributed by atoms with Gasteiger partial charge in [-0.3, -0.25) is 4.79 Å². The Hall–Kier alpha value is -3.74. The van der Waals surface area contributed by atoms with Gasteiger partial charge in [0.1, 0.15) is 5.75 Å². The number of phenolic OH excluding ortho intramolecular Hbond substituents is 1. The molecule has 164 valence electrons. The van der Waals surface area contributed by atoms with Gasteiger partial charge < -0.3 is 24.4 Å². The minimum Gasteiger partial charge on any atom is -0.508 e. The number of Topliss-reactive ketones (excluding diaryl/α,β-unsaturated/α-hetero) is 1. The number of fused-ring (bicyclic) bond motifs is 1. The average molecular weight is 432 g/mol. The summed E-state index contributed by atoms with van der Waals surface area (Å²) >= 11 is 0. The Morgan fingerprint density at radius 3 is 2.62 bits per heavy atom. The van der Waals surface area contributed by atoms with Gasteiger partial charge in [-0.1, -0.05) is 23.4 Å². The molecule has 0 saturated heterocycles. The Morgan fingerprint density at radius 2 is 1.88 bits per heavy atom. The summed E-state index contributed by atoms with van der Waals surface area (Å²) in [5.41, 5.74) is 4.96. The van der Waals surface area contributed by atoms with Crippen LogP contribution >= 0.6 is 0 Å². The Bertz CT molecular complexity index is 1240. The maximum absolute atomic E-state index is 13.5. The van der Waals surface area contributed by atoms with Crippen molar-refractivity contribution in [3.8, 4) is 17.2 Å². The van der Waals surface area contributed by atoms with Crippen LogP contribution in [-0.2, 0) is 4.79 Å². The molecule has 1 aromatic heterocycles. The lowest BCUT2D eigenvalue weighted by atomic mass is 9.72. The molecule has 7 heteroatoms. The average Bonchev–Trinajstić information content (AvgIpc) is 3.17. The predicted octanol–water partition coefficient (Wildman–Crippen LogP) is 4.66. The maximum atomic E-state index is 13.5. The monoisotopic (exact) mass is 432 g/mol. The number of aryl methyl sites for hydroxylation is 1. The van der Waals surface area contributed by atoms with Crippen LogP contribution in [0.2, 0.25) is 0 Å². The summed E-state index contributed by atoms with van der Waals surface area (Å²) in [6.45, 7) is 1.87. The van der Waals surface area contributed by atoms with E-state index in [1.54, 1.807) is 32.4 Å². The third kappa shape index (κ3) is 3.21. The van der Waals surface area contributed by atoms with E-state index >= 15 is 0 Å². The molecule has 1 aliphatic carbocycles. The van der Waals surface area contributed by atoms with Gasteiger partial charge in [0.15, 0.2) is 17.3 Å². The molecule has 5 rings (SSSR count). The van der Waals surface area contributed by atoms with Gasteiger partial charge >= 0.3 is 0 Å². The number of rotatable bonds is 4. The molecule has 0 unspecified atom stereocenters. The molecule has 0 fully saturated rings. The smallest absolute Gasteiger partial charge is 0.233 e. The largest absolute Gasteiger partial charge is 0.508 e. The van der Waals surface area contributed by atoms with Gasteiger partial charge in [0, 0.05) is 23.6 Å². The van der Waals surface area contributed by atoms with Crippen molar-refractivity contribution in [2.24, 2.45) is 0 Å². The number of nitrogens with zero attached hydrogens (tertiary/aromatic N) is 1. The SMILES string of the molecule is COc1ccc([C@@H]2CC(=O)C3=C(C2)Nc2onc(C)c2[C@@H]3c2cccc(O)c2)cc1OC. The van der Waals surface area contributed by atoms with Crippen molar-refractivity contribution in [2.75, 3.05) is 19.5 Å². The molecule has 0 spiro atoms. The Labute approximate surface area is 185 Å². The highest BCUT2D eigenvalue weighted by Crippen LogP contribution is 2.49. The van der Waals surface area contributed by atoms with Gasteiger partial charge in [0.2, 0.25) is 5.88 Å². The molecular formula is C25H24N2O5. The summed E-state index contributed by atoms with van der Waals surface area (Å²) in [5, 5.41) is 17.5. The van der Waals surface area contributed by atoms with Gasteiger partial charge in [0.25, 0.3) is 0 Å². The number of phenols is 1. The van der Waals surface area contributed by atoms with E-state index in [1.807, 2.05) is 31.2 Å². The van der Waals surface area contributed by atoms with E-state index in [0.717, 1.165) is 28.1 Å². The van der Waals surface area contributed by atoms with E-state index in [2.05, 4.69) is 10.5 Å². The van der Waals surface area contributed by atoms with E-state index in [-0.39, 0.29) is 23.4 Å². The number of allylic oxidation sites excluding steroid dienone is 2. The Balaban J connectivity index is 1.58. The lowest BCUT2D eigenvalue weighted by molar-refractivity contribution is -0.116. The van der Waals surface area contributed by atoms with Crippen LogP contribution in [0.25, 0.3) is 0 Å². The molecule has 3 aromatic rings. The van der Waals surface area contributed by atoms with Crippen molar-refractivity contribution in [3.63, 3.8) is 0 Å². The summed E-state index contributed by atoms with van der Waals surface area (Å²) < 4.78 is 16.4. The van der Waals surface area contributed by atoms with Crippen molar-refractivity contribution in [3.05, 3.63) is 76.1 Å². The molecule has 0 radical (unpaired) electrons. The first-order chi connectivity index (χ1) is 15.5. The van der Waals surface area contributed by atoms with E-state index in [1.165, 1.54) is 0 Å². The molecule has 2 atom stereocenters. The van der Waals surface area contributed by atoms with E-state index in [4.69, 9.17) is 14.0 Å². The minimum absolute atomic E-state index is 0.0102. The summed E-state index contributed by atoms with van der Waals surface area (Å²) in [6.07, 6.45) is 1.02. The molecule has 1 aliphatic heterocycles. The molecule has 2 aromatic carbocycles. The summed E-state index contributed by atoms with van der Waals surface area (Å²) in [4.78, 5) is 13.5. The lowest BCUT2D eigenvalue weighted by Crippen LogP contribution is -2.29. The second-order valence-electron chi connectivity index (χ2n) is 8.20. The molecule has 7 nitrogen and oxygen atoms in total. The van der Waals surface area contributed by atoms with E-state index in [0.29, 0.717) is 35.8 Å². The van der Waals surface area contributed by atoms with Crippen molar-refractivity contribution >= 4 is 11.7 Å². The fourth-order valence-electron chi connectivity index (χ4n) is 4.85.